The van der Waals surface area contributed by atoms with E-state index in [-0.39, 0.29) is 0 Å². The molecule has 158 valence electrons. The highest BCUT2D eigenvalue weighted by atomic mass is 28.3. The van der Waals surface area contributed by atoms with Crippen molar-refractivity contribution in [2.24, 2.45) is 0 Å². The van der Waals surface area contributed by atoms with Gasteiger partial charge in [0.2, 0.25) is 8.24 Å². The van der Waals surface area contributed by atoms with Crippen molar-refractivity contribution in [1.82, 2.24) is 4.98 Å². The molecule has 0 atom stereocenters. The molecule has 1 N–H and O–H groups in total. The molecular formula is C27H36N2Si. The normalized spacial score (nSPS) is 11.9. The van der Waals surface area contributed by atoms with Gasteiger partial charge in [-0.15, -0.1) is 0 Å². The minimum Gasteiger partial charge on any atom is -0.405 e. The molecule has 3 heteroatoms. The van der Waals surface area contributed by atoms with Crippen LogP contribution in [0.25, 0.3) is 11.3 Å². The SMILES string of the molecule is CC[Si](CC)(Nc1c(C(C)C)cccc1C(C)C)c1cccc(-c2ccccc2)n1. The molecule has 2 nitrogen and oxygen atoms in total. The van der Waals surface area contributed by atoms with E-state index in [0.29, 0.717) is 11.8 Å². The molecule has 30 heavy (non-hydrogen) atoms. The van der Waals surface area contributed by atoms with Crippen LogP contribution in [0.15, 0.2) is 66.7 Å². The van der Waals surface area contributed by atoms with Crippen LogP contribution in [0.4, 0.5) is 5.69 Å². The average molecular weight is 417 g/mol. The smallest absolute Gasteiger partial charge is 0.205 e. The van der Waals surface area contributed by atoms with Gasteiger partial charge in [-0.25, -0.2) is 0 Å². The van der Waals surface area contributed by atoms with E-state index in [1.807, 2.05) is 0 Å². The highest BCUT2D eigenvalue weighted by Gasteiger charge is 2.35. The third-order valence-electron chi connectivity index (χ3n) is 6.25. The van der Waals surface area contributed by atoms with Crippen LogP contribution in [-0.4, -0.2) is 13.2 Å². The van der Waals surface area contributed by atoms with Gasteiger partial charge in [0.1, 0.15) is 0 Å². The summed E-state index contributed by atoms with van der Waals surface area (Å²) in [6.45, 7) is 13.8. The second-order valence-corrected chi connectivity index (χ2v) is 13.1. The first-order chi connectivity index (χ1) is 14.4. The molecule has 2 aromatic carbocycles. The number of anilines is 1. The summed E-state index contributed by atoms with van der Waals surface area (Å²) in [5, 5.41) is 1.25. The molecule has 0 aliphatic rings. The van der Waals surface area contributed by atoms with Crippen LogP contribution < -0.4 is 10.3 Å². The average Bonchev–Trinajstić information content (AvgIpc) is 2.78. The molecule has 1 aromatic heterocycles. The van der Waals surface area contributed by atoms with Crippen molar-refractivity contribution in [3.8, 4) is 11.3 Å². The molecule has 3 aromatic rings. The van der Waals surface area contributed by atoms with E-state index in [2.05, 4.69) is 113 Å². The predicted octanol–water partition coefficient (Wildman–Crippen LogP) is 7.30. The quantitative estimate of drug-likeness (QED) is 0.390. The first kappa shape index (κ1) is 22.3. The first-order valence-electron chi connectivity index (χ1n) is 11.4. The van der Waals surface area contributed by atoms with Crippen molar-refractivity contribution in [2.75, 3.05) is 4.98 Å². The highest BCUT2D eigenvalue weighted by molar-refractivity contribution is 6.93. The van der Waals surface area contributed by atoms with Gasteiger partial charge in [0.15, 0.2) is 0 Å². The second kappa shape index (κ2) is 9.61. The van der Waals surface area contributed by atoms with Gasteiger partial charge in [-0.1, -0.05) is 96.1 Å². The summed E-state index contributed by atoms with van der Waals surface area (Å²) in [4.78, 5) is 9.36. The van der Waals surface area contributed by atoms with Crippen molar-refractivity contribution in [2.45, 2.75) is 65.5 Å². The van der Waals surface area contributed by atoms with E-state index in [1.165, 1.54) is 27.7 Å². The van der Waals surface area contributed by atoms with Crippen molar-refractivity contribution in [3.05, 3.63) is 77.9 Å². The molecule has 0 spiro atoms. The van der Waals surface area contributed by atoms with Crippen LogP contribution in [0.2, 0.25) is 12.1 Å². The van der Waals surface area contributed by atoms with Gasteiger partial charge in [0.05, 0.1) is 5.69 Å². The summed E-state index contributed by atoms with van der Waals surface area (Å²) in [7, 11) is -2.04. The fraction of sp³-hybridized carbons (Fsp3) is 0.370. The van der Waals surface area contributed by atoms with E-state index in [4.69, 9.17) is 4.98 Å². The van der Waals surface area contributed by atoms with E-state index >= 15 is 0 Å². The lowest BCUT2D eigenvalue weighted by Gasteiger charge is -2.34. The predicted molar refractivity (Wildman–Crippen MR) is 134 cm³/mol. The molecule has 1 heterocycles. The van der Waals surface area contributed by atoms with Crippen molar-refractivity contribution in [3.63, 3.8) is 0 Å². The number of para-hydroxylation sites is 1. The van der Waals surface area contributed by atoms with Gasteiger partial charge >= 0.3 is 0 Å². The molecule has 0 saturated heterocycles. The minimum absolute atomic E-state index is 0.482. The fourth-order valence-electron chi connectivity index (χ4n) is 4.26. The number of pyridine rings is 1. The maximum atomic E-state index is 5.20. The van der Waals surface area contributed by atoms with Crippen molar-refractivity contribution in [1.29, 1.82) is 0 Å². The van der Waals surface area contributed by atoms with Gasteiger partial charge in [-0.2, -0.15) is 0 Å². The first-order valence-corrected chi connectivity index (χ1v) is 13.8. The minimum atomic E-state index is -2.04. The number of benzene rings is 2. The molecule has 0 aliphatic heterocycles. The van der Waals surface area contributed by atoms with Gasteiger partial charge < -0.3 is 4.98 Å². The molecule has 0 bridgehead atoms. The van der Waals surface area contributed by atoms with Gasteiger partial charge in [-0.05, 0) is 47.2 Å². The fourth-order valence-corrected chi connectivity index (χ4v) is 7.48. The third kappa shape index (κ3) is 4.51. The Labute approximate surface area is 183 Å². The number of nitrogens with zero attached hydrogens (tertiary/aromatic N) is 1. The monoisotopic (exact) mass is 416 g/mol. The van der Waals surface area contributed by atoms with E-state index in [0.717, 1.165) is 17.8 Å². The molecule has 0 saturated carbocycles. The maximum absolute atomic E-state index is 5.20. The Kier molecular flexibility index (Phi) is 7.14. The zero-order chi connectivity index (χ0) is 21.7. The van der Waals surface area contributed by atoms with Crippen molar-refractivity contribution < 1.29 is 0 Å². The van der Waals surface area contributed by atoms with E-state index < -0.39 is 8.24 Å². The van der Waals surface area contributed by atoms with Crippen LogP contribution in [0, 0.1) is 0 Å². The van der Waals surface area contributed by atoms with Crippen LogP contribution in [0.1, 0.15) is 64.5 Å². The van der Waals surface area contributed by atoms with Crippen LogP contribution in [-0.2, 0) is 0 Å². The summed E-state index contributed by atoms with van der Waals surface area (Å²) in [6.07, 6.45) is 0. The number of rotatable bonds is 8. The lowest BCUT2D eigenvalue weighted by molar-refractivity contribution is 0.838. The van der Waals surface area contributed by atoms with Gasteiger partial charge in [0, 0.05) is 16.6 Å². The molecular weight excluding hydrogens is 380 g/mol. The Hall–Kier alpha value is -2.39. The second-order valence-electron chi connectivity index (χ2n) is 8.81. The summed E-state index contributed by atoms with van der Waals surface area (Å²) < 4.78 is 0. The number of aromatic nitrogens is 1. The van der Waals surface area contributed by atoms with Gasteiger partial charge in [-0.3, -0.25) is 4.98 Å². The number of hydrogen-bond acceptors (Lipinski definition) is 2. The Morgan fingerprint density at radius 1 is 0.733 bits per heavy atom. The Morgan fingerprint density at radius 3 is 1.83 bits per heavy atom. The molecule has 0 aliphatic carbocycles. The summed E-state index contributed by atoms with van der Waals surface area (Å²) in [5.74, 6) is 0.963. The Morgan fingerprint density at radius 2 is 1.30 bits per heavy atom. The molecule has 0 radical (unpaired) electrons. The Bertz CT molecular complexity index is 933. The number of hydrogen-bond donors (Lipinski definition) is 1. The lowest BCUT2D eigenvalue weighted by Crippen LogP contribution is -2.56. The molecule has 0 amide bonds. The molecule has 3 rings (SSSR count). The largest absolute Gasteiger partial charge is 0.405 e. The molecule has 0 fully saturated rings. The summed E-state index contributed by atoms with van der Waals surface area (Å²) >= 11 is 0. The van der Waals surface area contributed by atoms with E-state index in [1.54, 1.807) is 0 Å². The Balaban J connectivity index is 2.11. The van der Waals surface area contributed by atoms with Crippen molar-refractivity contribution >= 4 is 19.2 Å². The summed E-state index contributed by atoms with van der Waals surface area (Å²) in [6, 6.07) is 26.1. The maximum Gasteiger partial charge on any atom is 0.205 e. The van der Waals surface area contributed by atoms with Crippen LogP contribution in [0.3, 0.4) is 0 Å². The zero-order valence-corrected chi connectivity index (χ0v) is 20.4. The third-order valence-corrected chi connectivity index (χ3v) is 10.7. The van der Waals surface area contributed by atoms with Gasteiger partial charge in [0.25, 0.3) is 0 Å². The number of nitrogens with one attached hydrogen (secondary N) is 1. The highest BCUT2D eigenvalue weighted by Crippen LogP contribution is 2.35. The zero-order valence-electron chi connectivity index (χ0n) is 19.4. The topological polar surface area (TPSA) is 24.9 Å². The van der Waals surface area contributed by atoms with Crippen LogP contribution in [0.5, 0.6) is 0 Å². The summed E-state index contributed by atoms with van der Waals surface area (Å²) in [5.41, 5.74) is 6.43. The standard InChI is InChI=1S/C27H36N2Si/c1-7-30(8-2,26-19-13-18-25(28-26)22-14-10-9-11-15-22)29-27-23(20(3)4)16-12-17-24(27)21(5)6/h9-21,29H,7-8H2,1-6H3. The lowest BCUT2D eigenvalue weighted by atomic mass is 9.93. The molecule has 0 unspecified atom stereocenters. The van der Waals surface area contributed by atoms with Crippen LogP contribution >= 0.6 is 0 Å². The van der Waals surface area contributed by atoms with E-state index in [9.17, 15) is 0 Å².